The molecule has 1 aliphatic rings. The number of aromatic nitrogens is 1. The van der Waals surface area contributed by atoms with Crippen molar-refractivity contribution in [2.75, 3.05) is 13.1 Å². The van der Waals surface area contributed by atoms with Gasteiger partial charge in [0.1, 0.15) is 10.7 Å². The van der Waals surface area contributed by atoms with Crippen LogP contribution in [0.2, 0.25) is 0 Å². The van der Waals surface area contributed by atoms with Gasteiger partial charge in [-0.15, -0.1) is 22.7 Å². The van der Waals surface area contributed by atoms with E-state index in [1.54, 1.807) is 11.3 Å². The van der Waals surface area contributed by atoms with Crippen LogP contribution in [0.4, 0.5) is 0 Å². The summed E-state index contributed by atoms with van der Waals surface area (Å²) in [5, 5.41) is 4.75. The molecule has 2 aromatic heterocycles. The van der Waals surface area contributed by atoms with Crippen LogP contribution in [-0.2, 0) is 0 Å². The van der Waals surface area contributed by atoms with Crippen LogP contribution in [0, 0.1) is 0 Å². The molecule has 3 rings (SSSR count). The number of thiazole rings is 1. The molecular weight excluding hydrogens is 358 g/mol. The Kier molecular flexibility index (Phi) is 4.21. The number of hydrogen-bond acceptors (Lipinski definition) is 5. The van der Waals surface area contributed by atoms with E-state index in [1.807, 2.05) is 21.7 Å². The van der Waals surface area contributed by atoms with E-state index in [1.165, 1.54) is 11.3 Å². The molecule has 4 nitrogen and oxygen atoms in total. The van der Waals surface area contributed by atoms with Gasteiger partial charge in [-0.05, 0) is 34.8 Å². The Morgan fingerprint density at radius 2 is 2.30 bits per heavy atom. The highest BCUT2D eigenvalue weighted by Gasteiger charge is 2.24. The highest BCUT2D eigenvalue weighted by Crippen LogP contribution is 2.32. The van der Waals surface area contributed by atoms with Crippen molar-refractivity contribution >= 4 is 44.5 Å². The third kappa shape index (κ3) is 2.95. The molecule has 7 heteroatoms. The van der Waals surface area contributed by atoms with Gasteiger partial charge in [0.2, 0.25) is 0 Å². The first-order valence-electron chi connectivity index (χ1n) is 6.38. The zero-order valence-corrected chi connectivity index (χ0v) is 13.9. The zero-order chi connectivity index (χ0) is 14.1. The van der Waals surface area contributed by atoms with Crippen LogP contribution in [0.3, 0.4) is 0 Å². The molecule has 3 heterocycles. The Bertz CT molecular complexity index is 625. The summed E-state index contributed by atoms with van der Waals surface area (Å²) >= 11 is 6.56. The minimum atomic E-state index is -0.00160. The molecule has 20 heavy (non-hydrogen) atoms. The lowest BCUT2D eigenvalue weighted by atomic mass is 10.1. The maximum atomic E-state index is 12.4. The van der Waals surface area contributed by atoms with Gasteiger partial charge in [0.15, 0.2) is 0 Å². The molecule has 2 N–H and O–H groups in total. The average molecular weight is 372 g/mol. The quantitative estimate of drug-likeness (QED) is 0.881. The number of thiophene rings is 1. The Hall–Kier alpha value is -0.760. The maximum Gasteiger partial charge on any atom is 0.273 e. The van der Waals surface area contributed by atoms with E-state index < -0.39 is 0 Å². The van der Waals surface area contributed by atoms with Crippen molar-refractivity contribution < 1.29 is 4.79 Å². The molecule has 0 aromatic carbocycles. The van der Waals surface area contributed by atoms with E-state index in [-0.39, 0.29) is 11.9 Å². The van der Waals surface area contributed by atoms with E-state index in [4.69, 9.17) is 5.73 Å². The summed E-state index contributed by atoms with van der Waals surface area (Å²) in [6, 6.07) is 2.12. The van der Waals surface area contributed by atoms with E-state index in [9.17, 15) is 4.79 Å². The minimum Gasteiger partial charge on any atom is -0.336 e. The van der Waals surface area contributed by atoms with Crippen molar-refractivity contribution in [2.24, 2.45) is 5.73 Å². The van der Waals surface area contributed by atoms with E-state index in [2.05, 4.69) is 20.9 Å². The second-order valence-electron chi connectivity index (χ2n) is 4.82. The van der Waals surface area contributed by atoms with Gasteiger partial charge in [-0.2, -0.15) is 0 Å². The maximum absolute atomic E-state index is 12.4. The topological polar surface area (TPSA) is 59.2 Å². The summed E-state index contributed by atoms with van der Waals surface area (Å²) in [4.78, 5) is 19.8. The second-order valence-corrected chi connectivity index (χ2v) is 7.51. The summed E-state index contributed by atoms with van der Waals surface area (Å²) in [5.74, 6) is -0.00160. The number of hydrogen-bond donors (Lipinski definition) is 1. The summed E-state index contributed by atoms with van der Waals surface area (Å²) in [6.07, 6.45) is 1.97. The molecule has 1 unspecified atom stereocenters. The minimum absolute atomic E-state index is 0.00160. The summed E-state index contributed by atoms with van der Waals surface area (Å²) in [6.45, 7) is 1.42. The van der Waals surface area contributed by atoms with Gasteiger partial charge in [-0.1, -0.05) is 0 Å². The Morgan fingerprint density at radius 3 is 3.00 bits per heavy atom. The smallest absolute Gasteiger partial charge is 0.273 e. The van der Waals surface area contributed by atoms with Crippen molar-refractivity contribution in [1.82, 2.24) is 9.88 Å². The molecule has 1 amide bonds. The van der Waals surface area contributed by atoms with Crippen LogP contribution < -0.4 is 5.73 Å². The van der Waals surface area contributed by atoms with Gasteiger partial charge in [0.25, 0.3) is 5.91 Å². The molecule has 2 aromatic rings. The Morgan fingerprint density at radius 1 is 1.45 bits per heavy atom. The molecule has 0 saturated carbocycles. The van der Waals surface area contributed by atoms with E-state index >= 15 is 0 Å². The SMILES string of the molecule is NC1CCCN(C(=O)c2csc(-c3cc(Br)cs3)n2)C1. The normalized spacial score (nSPS) is 19.3. The summed E-state index contributed by atoms with van der Waals surface area (Å²) in [5.41, 5.74) is 6.46. The molecule has 1 aliphatic heterocycles. The lowest BCUT2D eigenvalue weighted by Gasteiger charge is -2.30. The van der Waals surface area contributed by atoms with Crippen LogP contribution in [0.5, 0.6) is 0 Å². The number of carbonyl (C=O) groups excluding carboxylic acids is 1. The van der Waals surface area contributed by atoms with Gasteiger partial charge in [0, 0.05) is 34.4 Å². The lowest BCUT2D eigenvalue weighted by Crippen LogP contribution is -2.45. The number of piperidine rings is 1. The predicted octanol–water partition coefficient (Wildman–Crippen LogP) is 3.20. The van der Waals surface area contributed by atoms with E-state index in [0.29, 0.717) is 12.2 Å². The fourth-order valence-electron chi connectivity index (χ4n) is 2.27. The fraction of sp³-hybridized carbons (Fsp3) is 0.385. The number of rotatable bonds is 2. The molecule has 0 spiro atoms. The van der Waals surface area contributed by atoms with Crippen molar-refractivity contribution in [3.63, 3.8) is 0 Å². The van der Waals surface area contributed by atoms with Gasteiger partial charge < -0.3 is 10.6 Å². The third-order valence-electron chi connectivity index (χ3n) is 3.25. The Labute approximate surface area is 133 Å². The van der Waals surface area contributed by atoms with Crippen molar-refractivity contribution in [3.8, 4) is 9.88 Å². The summed E-state index contributed by atoms with van der Waals surface area (Å²) < 4.78 is 1.04. The average Bonchev–Trinajstić information content (AvgIpc) is 3.06. The van der Waals surface area contributed by atoms with Gasteiger partial charge in [-0.3, -0.25) is 4.79 Å². The van der Waals surface area contributed by atoms with Crippen LogP contribution in [0.25, 0.3) is 9.88 Å². The Balaban J connectivity index is 1.77. The van der Waals surface area contributed by atoms with Gasteiger partial charge in [-0.25, -0.2) is 4.98 Å². The first kappa shape index (κ1) is 14.2. The van der Waals surface area contributed by atoms with Crippen LogP contribution >= 0.6 is 38.6 Å². The van der Waals surface area contributed by atoms with E-state index in [0.717, 1.165) is 33.7 Å². The molecule has 0 aliphatic carbocycles. The zero-order valence-electron chi connectivity index (χ0n) is 10.7. The highest BCUT2D eigenvalue weighted by molar-refractivity contribution is 9.10. The van der Waals surface area contributed by atoms with Crippen molar-refractivity contribution in [1.29, 1.82) is 0 Å². The van der Waals surface area contributed by atoms with Crippen LogP contribution in [0.1, 0.15) is 23.3 Å². The first-order valence-corrected chi connectivity index (χ1v) is 8.93. The van der Waals surface area contributed by atoms with Crippen molar-refractivity contribution in [3.05, 3.63) is 27.0 Å². The monoisotopic (exact) mass is 371 g/mol. The fourth-order valence-corrected chi connectivity index (χ4v) is 4.57. The number of likely N-dealkylation sites (tertiary alicyclic amines) is 1. The number of nitrogens with zero attached hydrogens (tertiary/aromatic N) is 2. The number of nitrogens with two attached hydrogens (primary N) is 1. The van der Waals surface area contributed by atoms with Crippen LogP contribution in [0.15, 0.2) is 21.3 Å². The van der Waals surface area contributed by atoms with Crippen LogP contribution in [-0.4, -0.2) is 34.9 Å². The number of carbonyl (C=O) groups is 1. The molecule has 106 valence electrons. The predicted molar refractivity (Wildman–Crippen MR) is 86.2 cm³/mol. The molecule has 1 saturated heterocycles. The number of amides is 1. The highest BCUT2D eigenvalue weighted by atomic mass is 79.9. The third-order valence-corrected chi connectivity index (χ3v) is 5.95. The standard InChI is InChI=1S/C13H14BrN3OS2/c14-8-4-11(19-6-8)12-16-10(7-20-12)13(18)17-3-1-2-9(15)5-17/h4,6-7,9H,1-3,5,15H2. The number of halogens is 1. The molecule has 1 atom stereocenters. The molecule has 1 fully saturated rings. The molecular formula is C13H14BrN3OS2. The summed E-state index contributed by atoms with van der Waals surface area (Å²) in [7, 11) is 0. The molecule has 0 bridgehead atoms. The van der Waals surface area contributed by atoms with Crippen molar-refractivity contribution in [2.45, 2.75) is 18.9 Å². The van der Waals surface area contributed by atoms with Gasteiger partial charge >= 0.3 is 0 Å². The second kappa shape index (κ2) is 5.93. The largest absolute Gasteiger partial charge is 0.336 e. The molecule has 0 radical (unpaired) electrons. The van der Waals surface area contributed by atoms with Gasteiger partial charge in [0.05, 0.1) is 4.88 Å². The first-order chi connectivity index (χ1) is 9.63. The lowest BCUT2D eigenvalue weighted by molar-refractivity contribution is 0.0704.